The van der Waals surface area contributed by atoms with Crippen molar-refractivity contribution < 1.29 is 19.8 Å². The number of carbonyl (C=O) groups is 2. The number of azo groups is 1. The van der Waals surface area contributed by atoms with E-state index in [4.69, 9.17) is 23.4 Å². The molecule has 0 bridgehead atoms. The fraction of sp³-hybridized carbons (Fsp3) is 0.667. The van der Waals surface area contributed by atoms with Crippen LogP contribution in [0.2, 0.25) is 0 Å². The number of hydrogen-bond donors (Lipinski definition) is 2. The fourth-order valence-corrected chi connectivity index (χ4v) is 1.32. The van der Waals surface area contributed by atoms with Gasteiger partial charge in [-0.3, -0.25) is 19.3 Å². The molecule has 0 spiro atoms. The Morgan fingerprint density at radius 3 is 1.50 bits per heavy atom. The monoisotopic (exact) mass is 280 g/mol. The van der Waals surface area contributed by atoms with Crippen LogP contribution in [0.15, 0.2) is 10.2 Å². The van der Waals surface area contributed by atoms with E-state index in [1.54, 1.807) is 0 Å². The summed E-state index contributed by atoms with van der Waals surface area (Å²) >= 11 is 0. The smallest absolute Gasteiger partial charge is 0.331 e. The third kappa shape index (κ3) is 9.54. The number of rotatable bonds is 10. The van der Waals surface area contributed by atoms with Crippen LogP contribution in [-0.4, -0.2) is 34.5 Å². The average molecular weight is 280 g/mol. The van der Waals surface area contributed by atoms with E-state index in [9.17, 15) is 9.59 Å². The highest BCUT2D eigenvalue weighted by Gasteiger charge is 2.15. The van der Waals surface area contributed by atoms with Crippen molar-refractivity contribution in [1.82, 2.24) is 0 Å². The first-order valence-electron chi connectivity index (χ1n) is 6.06. The minimum atomic E-state index is -0.932. The van der Waals surface area contributed by atoms with Crippen LogP contribution in [0.4, 0.5) is 0 Å². The van der Waals surface area contributed by atoms with E-state index in [-0.39, 0.29) is 25.7 Å². The summed E-state index contributed by atoms with van der Waals surface area (Å²) in [6.07, 6.45) is -0.431. The van der Waals surface area contributed by atoms with E-state index in [1.807, 2.05) is 0 Å². The predicted octanol–water partition coefficient (Wildman–Crippen LogP) is 2.44. The van der Waals surface area contributed by atoms with Crippen molar-refractivity contribution in [2.45, 2.75) is 50.9 Å². The van der Waals surface area contributed by atoms with E-state index in [1.165, 1.54) is 0 Å². The molecule has 2 atom stereocenters. The molecule has 0 aliphatic carbocycles. The Morgan fingerprint density at radius 2 is 1.25 bits per heavy atom. The number of carboxylic acids is 2. The van der Waals surface area contributed by atoms with E-state index in [0.717, 1.165) is 0 Å². The van der Waals surface area contributed by atoms with Crippen LogP contribution in [0.25, 0.3) is 9.69 Å². The lowest BCUT2D eigenvalue weighted by molar-refractivity contribution is -0.138. The predicted molar refractivity (Wildman–Crippen MR) is 68.6 cm³/mol. The fourth-order valence-electron chi connectivity index (χ4n) is 1.32. The maximum Gasteiger partial charge on any atom is 0.331 e. The van der Waals surface area contributed by atoms with Crippen LogP contribution in [0.3, 0.4) is 0 Å². The van der Waals surface area contributed by atoms with Crippen LogP contribution in [0, 0.1) is 13.1 Å². The molecule has 0 heterocycles. The summed E-state index contributed by atoms with van der Waals surface area (Å²) in [6.45, 7) is 13.8. The summed E-state index contributed by atoms with van der Waals surface area (Å²) in [5, 5.41) is 24.4. The molecule has 8 heteroatoms. The second-order valence-corrected chi connectivity index (χ2v) is 4.02. The summed E-state index contributed by atoms with van der Waals surface area (Å²) < 4.78 is 0. The van der Waals surface area contributed by atoms with E-state index in [0.29, 0.717) is 12.8 Å². The van der Waals surface area contributed by atoms with Gasteiger partial charge in [0.25, 0.3) is 0 Å². The highest BCUT2D eigenvalue weighted by atomic mass is 16.4. The first kappa shape index (κ1) is 17.5. The summed E-state index contributed by atoms with van der Waals surface area (Å²) in [5.74, 6) is -1.86. The van der Waals surface area contributed by atoms with Crippen molar-refractivity contribution in [3.63, 3.8) is 0 Å². The van der Waals surface area contributed by atoms with Gasteiger partial charge in [0.15, 0.2) is 0 Å². The molecular weight excluding hydrogens is 264 g/mol. The molecule has 0 aromatic rings. The van der Waals surface area contributed by atoms with Crippen LogP contribution >= 0.6 is 0 Å². The summed E-state index contributed by atoms with van der Waals surface area (Å²) in [5.41, 5.74) is 0. The number of nitrogens with zero attached hydrogens (tertiary/aromatic N) is 4. The zero-order chi connectivity index (χ0) is 15.4. The van der Waals surface area contributed by atoms with E-state index < -0.39 is 24.3 Å². The van der Waals surface area contributed by atoms with Crippen molar-refractivity contribution >= 4 is 11.9 Å². The zero-order valence-electron chi connectivity index (χ0n) is 10.9. The zero-order valence-corrected chi connectivity index (χ0v) is 10.9. The molecule has 0 radical (unpaired) electrons. The van der Waals surface area contributed by atoms with Gasteiger partial charge in [-0.25, -0.2) is 13.1 Å². The topological polar surface area (TPSA) is 108 Å². The lowest BCUT2D eigenvalue weighted by atomic mass is 10.2. The van der Waals surface area contributed by atoms with Gasteiger partial charge < -0.3 is 10.2 Å². The Hall–Kier alpha value is -2.48. The lowest BCUT2D eigenvalue weighted by Crippen LogP contribution is -2.04. The van der Waals surface area contributed by atoms with Gasteiger partial charge in [0.1, 0.15) is 0 Å². The van der Waals surface area contributed by atoms with Crippen LogP contribution in [0.1, 0.15) is 38.5 Å². The molecule has 0 aromatic carbocycles. The molecule has 0 saturated carbocycles. The molecule has 2 N–H and O–H groups in total. The minimum absolute atomic E-state index is 0.0353. The quantitative estimate of drug-likeness (QED) is 0.473. The largest absolute Gasteiger partial charge is 0.481 e. The molecule has 0 aliphatic heterocycles. The summed E-state index contributed by atoms with van der Waals surface area (Å²) in [6, 6.07) is 0. The van der Waals surface area contributed by atoms with Gasteiger partial charge in [0, 0.05) is 25.7 Å². The molecule has 8 nitrogen and oxygen atoms in total. The molecule has 0 aromatic heterocycles. The lowest BCUT2D eigenvalue weighted by Gasteiger charge is -1.99. The third-order valence-electron chi connectivity index (χ3n) is 2.34. The van der Waals surface area contributed by atoms with E-state index >= 15 is 0 Å². The number of carboxylic acid groups (broad SMARTS) is 2. The van der Waals surface area contributed by atoms with Gasteiger partial charge in [0.05, 0.1) is 0 Å². The van der Waals surface area contributed by atoms with Gasteiger partial charge in [-0.2, -0.15) is 0 Å². The van der Waals surface area contributed by atoms with Crippen molar-refractivity contribution in [3.05, 3.63) is 22.8 Å². The molecule has 0 fully saturated rings. The highest BCUT2D eigenvalue weighted by molar-refractivity contribution is 5.66. The van der Waals surface area contributed by atoms with E-state index in [2.05, 4.69) is 19.9 Å². The van der Waals surface area contributed by atoms with Gasteiger partial charge in [0.2, 0.25) is 0 Å². The number of hydrogen-bond acceptors (Lipinski definition) is 4. The van der Waals surface area contributed by atoms with Crippen molar-refractivity contribution in [2.75, 3.05) is 0 Å². The molecule has 2 unspecified atom stereocenters. The first-order valence-corrected chi connectivity index (χ1v) is 6.06. The summed E-state index contributed by atoms with van der Waals surface area (Å²) in [7, 11) is 0. The molecule has 20 heavy (non-hydrogen) atoms. The normalized spacial score (nSPS) is 13.3. The second kappa shape index (κ2) is 10.4. The molecule has 0 rings (SSSR count). The third-order valence-corrected chi connectivity index (χ3v) is 2.34. The highest BCUT2D eigenvalue weighted by Crippen LogP contribution is 2.11. The Labute approximate surface area is 116 Å². The molecule has 0 amide bonds. The first-order chi connectivity index (χ1) is 9.49. The Balaban J connectivity index is 4.18. The van der Waals surface area contributed by atoms with Crippen molar-refractivity contribution in [2.24, 2.45) is 10.2 Å². The Morgan fingerprint density at radius 1 is 0.900 bits per heavy atom. The molecule has 0 saturated heterocycles. The average Bonchev–Trinajstić information content (AvgIpc) is 2.39. The van der Waals surface area contributed by atoms with Gasteiger partial charge in [-0.15, -0.1) is 10.2 Å². The second-order valence-electron chi connectivity index (χ2n) is 4.02. The van der Waals surface area contributed by atoms with Gasteiger partial charge in [-0.05, 0) is 12.8 Å². The maximum absolute atomic E-state index is 10.3. The SMILES string of the molecule is [C-]#[N+]C(CCCC(=O)O)N=NC(CCCC(=O)O)[N+]#[C-]. The molecule has 108 valence electrons. The Bertz CT molecular complexity index is 396. The molecular formula is C12H16N4O4. The maximum atomic E-state index is 10.3. The van der Waals surface area contributed by atoms with Gasteiger partial charge in [-0.1, -0.05) is 0 Å². The van der Waals surface area contributed by atoms with Gasteiger partial charge >= 0.3 is 24.3 Å². The van der Waals surface area contributed by atoms with Crippen LogP contribution in [-0.2, 0) is 9.59 Å². The van der Waals surface area contributed by atoms with Crippen LogP contribution in [0.5, 0.6) is 0 Å². The van der Waals surface area contributed by atoms with Crippen LogP contribution < -0.4 is 0 Å². The van der Waals surface area contributed by atoms with Crippen molar-refractivity contribution in [3.8, 4) is 0 Å². The molecule has 0 aliphatic rings. The number of aliphatic carboxylic acids is 2. The Kier molecular flexibility index (Phi) is 9.15. The standard InChI is InChI=1S/C12H16N4O4/c1-13-9(5-3-7-11(17)18)15-16-10(14-2)6-4-8-12(19)20/h9-10H,3-8H2,(H,17,18)(H,19,20). The minimum Gasteiger partial charge on any atom is -0.481 e. The summed E-state index contributed by atoms with van der Waals surface area (Å²) in [4.78, 5) is 27.1. The van der Waals surface area contributed by atoms with Crippen molar-refractivity contribution in [1.29, 1.82) is 0 Å².